The predicted octanol–water partition coefficient (Wildman–Crippen LogP) is 2.82. The van der Waals surface area contributed by atoms with Gasteiger partial charge in [-0.15, -0.1) is 11.3 Å². The number of aliphatic carboxylic acids is 1. The molecule has 0 radical (unpaired) electrons. The lowest BCUT2D eigenvalue weighted by molar-refractivity contribution is -0.137. The van der Waals surface area contributed by atoms with Crippen LogP contribution in [0.2, 0.25) is 5.15 Å². The second kappa shape index (κ2) is 5.72. The molecule has 1 aliphatic heterocycles. The minimum absolute atomic E-state index is 0.0572. The summed E-state index contributed by atoms with van der Waals surface area (Å²) in [6, 6.07) is 6.93. The van der Waals surface area contributed by atoms with Crippen molar-refractivity contribution in [3.63, 3.8) is 0 Å². The highest BCUT2D eigenvalue weighted by Gasteiger charge is 2.40. The number of fused-ring (bicyclic) bond motifs is 2. The normalized spacial score (nSPS) is 17.2. The van der Waals surface area contributed by atoms with Gasteiger partial charge < -0.3 is 5.11 Å². The Morgan fingerprint density at radius 3 is 2.92 bits per heavy atom. The van der Waals surface area contributed by atoms with Crippen molar-refractivity contribution in [1.29, 1.82) is 0 Å². The zero-order valence-electron chi connectivity index (χ0n) is 12.7. The van der Waals surface area contributed by atoms with Gasteiger partial charge in [0.2, 0.25) is 0 Å². The van der Waals surface area contributed by atoms with Gasteiger partial charge in [-0.3, -0.25) is 13.5 Å². The van der Waals surface area contributed by atoms with E-state index in [-0.39, 0.29) is 23.1 Å². The molecule has 1 atom stereocenters. The Balaban J connectivity index is 1.85. The molecule has 0 spiro atoms. The zero-order chi connectivity index (χ0) is 17.8. The van der Waals surface area contributed by atoms with Crippen LogP contribution in [0.3, 0.4) is 0 Å². The van der Waals surface area contributed by atoms with Crippen LogP contribution in [0.25, 0.3) is 4.96 Å². The van der Waals surface area contributed by atoms with Gasteiger partial charge in [-0.05, 0) is 11.6 Å². The van der Waals surface area contributed by atoms with Gasteiger partial charge in [-0.25, -0.2) is 4.98 Å². The summed E-state index contributed by atoms with van der Waals surface area (Å²) in [6.07, 6.45) is 1.46. The Kier molecular flexibility index (Phi) is 3.75. The number of anilines is 1. The fourth-order valence-corrected chi connectivity index (χ4v) is 6.09. The highest BCUT2D eigenvalue weighted by molar-refractivity contribution is 7.92. The summed E-state index contributed by atoms with van der Waals surface area (Å²) in [5, 5.41) is 10.7. The molecule has 4 rings (SSSR count). The number of thiazole rings is 1. The number of imidazole rings is 1. The van der Waals surface area contributed by atoms with E-state index < -0.39 is 21.9 Å². The number of sulfonamides is 1. The van der Waals surface area contributed by atoms with Gasteiger partial charge in [0, 0.05) is 24.0 Å². The van der Waals surface area contributed by atoms with Gasteiger partial charge in [0.15, 0.2) is 15.1 Å². The average Bonchev–Trinajstić information content (AvgIpc) is 3.20. The van der Waals surface area contributed by atoms with Crippen LogP contribution >= 0.6 is 22.9 Å². The summed E-state index contributed by atoms with van der Waals surface area (Å²) in [7, 11) is -3.99. The van der Waals surface area contributed by atoms with Gasteiger partial charge in [-0.2, -0.15) is 8.42 Å². The number of benzene rings is 1. The van der Waals surface area contributed by atoms with Crippen LogP contribution in [-0.2, 0) is 14.8 Å². The van der Waals surface area contributed by atoms with Crippen molar-refractivity contribution in [3.8, 4) is 0 Å². The molecule has 1 unspecified atom stereocenters. The fraction of sp³-hybridized carbons (Fsp3) is 0.200. The Labute approximate surface area is 152 Å². The van der Waals surface area contributed by atoms with E-state index in [0.29, 0.717) is 16.2 Å². The number of hydrogen-bond donors (Lipinski definition) is 1. The summed E-state index contributed by atoms with van der Waals surface area (Å²) < 4.78 is 29.2. The molecular weight excluding hydrogens is 386 g/mol. The number of nitrogens with zero attached hydrogens (tertiary/aromatic N) is 3. The number of para-hydroxylation sites is 1. The quantitative estimate of drug-likeness (QED) is 0.730. The first-order valence-corrected chi connectivity index (χ1v) is 10.0. The maximum absolute atomic E-state index is 13.3. The maximum atomic E-state index is 13.3. The lowest BCUT2D eigenvalue weighted by Crippen LogP contribution is -2.31. The van der Waals surface area contributed by atoms with Crippen molar-refractivity contribution in [1.82, 2.24) is 9.38 Å². The molecule has 7 nitrogen and oxygen atoms in total. The third kappa shape index (κ3) is 2.50. The number of carboxylic acid groups (broad SMARTS) is 1. The SMILES string of the molecule is O=C(O)CC1CN(S(=O)(=O)c2c(Cl)nc3sccn23)c2ccccc21. The van der Waals surface area contributed by atoms with Crippen molar-refractivity contribution in [2.24, 2.45) is 0 Å². The molecule has 3 aromatic rings. The summed E-state index contributed by atoms with van der Waals surface area (Å²) in [5.41, 5.74) is 1.19. The van der Waals surface area contributed by atoms with E-state index in [0.717, 1.165) is 0 Å². The molecule has 0 saturated carbocycles. The Hall–Kier alpha value is -2.10. The number of hydrogen-bond acceptors (Lipinski definition) is 5. The standard InChI is InChI=1S/C15H12ClN3O4S2/c16-13-14(18-5-6-24-15(18)17-13)25(22,23)19-8-9(7-12(20)21)10-3-1-2-4-11(10)19/h1-6,9H,7-8H2,(H,20,21). The van der Waals surface area contributed by atoms with Gasteiger partial charge >= 0.3 is 5.97 Å². The topological polar surface area (TPSA) is 92.0 Å². The first-order valence-electron chi connectivity index (χ1n) is 7.34. The van der Waals surface area contributed by atoms with Crippen molar-refractivity contribution in [2.75, 3.05) is 10.8 Å². The summed E-state index contributed by atoms with van der Waals surface area (Å²) in [5.74, 6) is -1.38. The van der Waals surface area contributed by atoms with Crippen molar-refractivity contribution in [2.45, 2.75) is 17.4 Å². The van der Waals surface area contributed by atoms with Crippen molar-refractivity contribution < 1.29 is 18.3 Å². The highest BCUT2D eigenvalue weighted by Crippen LogP contribution is 2.42. The second-order valence-electron chi connectivity index (χ2n) is 5.65. The third-order valence-corrected chi connectivity index (χ3v) is 7.10. The van der Waals surface area contributed by atoms with E-state index in [2.05, 4.69) is 4.98 Å². The minimum atomic E-state index is -3.99. The molecule has 1 aliphatic rings. The van der Waals surface area contributed by atoms with Crippen LogP contribution in [0.1, 0.15) is 17.9 Å². The van der Waals surface area contributed by atoms with Gasteiger partial charge in [0.05, 0.1) is 12.1 Å². The number of aromatic nitrogens is 2. The summed E-state index contributed by atoms with van der Waals surface area (Å²) >= 11 is 7.38. The number of carboxylic acids is 1. The highest BCUT2D eigenvalue weighted by atomic mass is 35.5. The minimum Gasteiger partial charge on any atom is -0.481 e. The molecular formula is C15H12ClN3O4S2. The monoisotopic (exact) mass is 397 g/mol. The van der Waals surface area contributed by atoms with Crippen molar-refractivity contribution in [3.05, 3.63) is 46.6 Å². The van der Waals surface area contributed by atoms with Gasteiger partial charge in [0.1, 0.15) is 0 Å². The molecule has 130 valence electrons. The van der Waals surface area contributed by atoms with E-state index in [1.54, 1.807) is 35.8 Å². The summed E-state index contributed by atoms with van der Waals surface area (Å²) in [4.78, 5) is 15.7. The first-order chi connectivity index (χ1) is 11.9. The van der Waals surface area contributed by atoms with Gasteiger partial charge in [-0.1, -0.05) is 29.8 Å². The largest absolute Gasteiger partial charge is 0.481 e. The average molecular weight is 398 g/mol. The Morgan fingerprint density at radius 2 is 2.16 bits per heavy atom. The van der Waals surface area contributed by atoms with Crippen LogP contribution < -0.4 is 4.31 Å². The fourth-order valence-electron chi connectivity index (χ4n) is 3.14. The zero-order valence-corrected chi connectivity index (χ0v) is 15.1. The molecule has 0 aliphatic carbocycles. The van der Waals surface area contributed by atoms with Crippen LogP contribution in [0, 0.1) is 0 Å². The maximum Gasteiger partial charge on any atom is 0.304 e. The molecule has 1 N–H and O–H groups in total. The van der Waals surface area contributed by atoms with Crippen molar-refractivity contribution >= 4 is 49.6 Å². The molecule has 10 heteroatoms. The number of carbonyl (C=O) groups is 1. The smallest absolute Gasteiger partial charge is 0.304 e. The van der Waals surface area contributed by atoms with Crippen LogP contribution in [0.15, 0.2) is 40.9 Å². The molecule has 0 amide bonds. The third-order valence-electron chi connectivity index (χ3n) is 4.17. The van der Waals surface area contributed by atoms with E-state index in [9.17, 15) is 13.2 Å². The molecule has 0 bridgehead atoms. The molecule has 25 heavy (non-hydrogen) atoms. The number of rotatable bonds is 4. The van der Waals surface area contributed by atoms with E-state index >= 15 is 0 Å². The predicted molar refractivity (Wildman–Crippen MR) is 94.0 cm³/mol. The molecule has 3 heterocycles. The number of halogens is 1. The van der Waals surface area contributed by atoms with E-state index in [1.165, 1.54) is 20.0 Å². The lowest BCUT2D eigenvalue weighted by Gasteiger charge is -2.19. The Morgan fingerprint density at radius 1 is 1.40 bits per heavy atom. The lowest BCUT2D eigenvalue weighted by atomic mass is 9.98. The Bertz CT molecular complexity index is 1090. The molecule has 0 saturated heterocycles. The second-order valence-corrected chi connectivity index (χ2v) is 8.66. The molecule has 2 aromatic heterocycles. The van der Waals surface area contributed by atoms with Crippen LogP contribution in [0.4, 0.5) is 5.69 Å². The molecule has 0 fully saturated rings. The van der Waals surface area contributed by atoms with Crippen LogP contribution in [-0.4, -0.2) is 35.4 Å². The van der Waals surface area contributed by atoms with E-state index in [4.69, 9.17) is 16.7 Å². The van der Waals surface area contributed by atoms with Gasteiger partial charge in [0.25, 0.3) is 10.0 Å². The summed E-state index contributed by atoms with van der Waals surface area (Å²) in [6.45, 7) is 0.0572. The van der Waals surface area contributed by atoms with E-state index in [1.807, 2.05) is 0 Å². The van der Waals surface area contributed by atoms with Crippen LogP contribution in [0.5, 0.6) is 0 Å². The first kappa shape index (κ1) is 16.4. The molecule has 1 aromatic carbocycles.